The van der Waals surface area contributed by atoms with Crippen molar-refractivity contribution in [3.63, 3.8) is 0 Å². The first-order valence-electron chi connectivity index (χ1n) is 4.82. The van der Waals surface area contributed by atoms with Gasteiger partial charge in [-0.1, -0.05) is 29.8 Å². The lowest BCUT2D eigenvalue weighted by atomic mass is 9.98. The van der Waals surface area contributed by atoms with E-state index in [0.29, 0.717) is 5.92 Å². The minimum atomic E-state index is 0.644. The minimum absolute atomic E-state index is 0.644. The first kappa shape index (κ1) is 8.73. The summed E-state index contributed by atoms with van der Waals surface area (Å²) < 4.78 is 0. The van der Waals surface area contributed by atoms with Gasteiger partial charge in [0.1, 0.15) is 0 Å². The largest absolute Gasteiger partial charge is 0.269 e. The van der Waals surface area contributed by atoms with Crippen LogP contribution in [0.3, 0.4) is 0 Å². The molecule has 1 saturated heterocycles. The first-order valence-corrected chi connectivity index (χ1v) is 4.82. The summed E-state index contributed by atoms with van der Waals surface area (Å²) in [4.78, 5) is 0. The zero-order valence-corrected chi connectivity index (χ0v) is 8.03. The molecular formula is C11H16N2. The number of aryl methyl sites for hydroxylation is 1. The third-order valence-corrected chi connectivity index (χ3v) is 2.77. The van der Waals surface area contributed by atoms with Crippen molar-refractivity contribution >= 4 is 0 Å². The molecule has 2 nitrogen and oxygen atoms in total. The molecule has 1 unspecified atom stereocenters. The highest BCUT2D eigenvalue weighted by Gasteiger charge is 2.20. The lowest BCUT2D eigenvalue weighted by Gasteiger charge is -2.10. The van der Waals surface area contributed by atoms with Crippen LogP contribution in [-0.4, -0.2) is 18.1 Å². The van der Waals surface area contributed by atoms with Crippen molar-refractivity contribution in [2.75, 3.05) is 13.1 Å². The summed E-state index contributed by atoms with van der Waals surface area (Å²) in [5.74, 6) is 6.37. The maximum atomic E-state index is 5.73. The topological polar surface area (TPSA) is 29.3 Å². The normalized spacial score (nSPS) is 23.7. The first-order chi connectivity index (χ1) is 6.25. The van der Waals surface area contributed by atoms with Gasteiger partial charge >= 0.3 is 0 Å². The van der Waals surface area contributed by atoms with Gasteiger partial charge in [0.2, 0.25) is 0 Å². The van der Waals surface area contributed by atoms with E-state index >= 15 is 0 Å². The van der Waals surface area contributed by atoms with E-state index in [2.05, 4.69) is 31.2 Å². The van der Waals surface area contributed by atoms with Gasteiger partial charge in [0.15, 0.2) is 0 Å². The molecule has 13 heavy (non-hydrogen) atoms. The van der Waals surface area contributed by atoms with Crippen LogP contribution in [0.25, 0.3) is 0 Å². The summed E-state index contributed by atoms with van der Waals surface area (Å²) >= 11 is 0. The lowest BCUT2D eigenvalue weighted by molar-refractivity contribution is 0.350. The third kappa shape index (κ3) is 1.90. The third-order valence-electron chi connectivity index (χ3n) is 2.77. The summed E-state index contributed by atoms with van der Waals surface area (Å²) in [5.41, 5.74) is 2.75. The summed E-state index contributed by atoms with van der Waals surface area (Å²) in [6.07, 6.45) is 1.19. The molecule has 0 saturated carbocycles. The Labute approximate surface area is 79.3 Å². The fraction of sp³-hybridized carbons (Fsp3) is 0.455. The standard InChI is InChI=1S/C11H16N2/c1-9-2-4-10(5-3-9)11-6-7-13(12)8-11/h2-5,11H,6-8,12H2,1H3. The van der Waals surface area contributed by atoms with Gasteiger partial charge < -0.3 is 0 Å². The molecule has 70 valence electrons. The van der Waals surface area contributed by atoms with Crippen molar-refractivity contribution < 1.29 is 0 Å². The maximum Gasteiger partial charge on any atom is 0.0197 e. The van der Waals surface area contributed by atoms with Crippen molar-refractivity contribution in [2.45, 2.75) is 19.3 Å². The Bertz CT molecular complexity index is 279. The second kappa shape index (κ2) is 3.48. The Morgan fingerprint density at radius 2 is 2.00 bits per heavy atom. The predicted octanol–water partition coefficient (Wildman–Crippen LogP) is 1.66. The van der Waals surface area contributed by atoms with Crippen LogP contribution in [0.5, 0.6) is 0 Å². The summed E-state index contributed by atoms with van der Waals surface area (Å²) in [6.45, 7) is 4.15. The van der Waals surface area contributed by atoms with Crippen molar-refractivity contribution in [1.82, 2.24) is 5.01 Å². The number of nitrogens with two attached hydrogens (primary N) is 1. The van der Waals surface area contributed by atoms with Crippen molar-refractivity contribution in [2.24, 2.45) is 5.84 Å². The zero-order valence-electron chi connectivity index (χ0n) is 8.03. The molecule has 1 aliphatic rings. The Kier molecular flexibility index (Phi) is 2.34. The molecule has 0 radical (unpaired) electrons. The Morgan fingerprint density at radius 3 is 2.54 bits per heavy atom. The number of nitrogens with zero attached hydrogens (tertiary/aromatic N) is 1. The molecule has 1 aromatic rings. The molecule has 1 atom stereocenters. The van der Waals surface area contributed by atoms with Crippen LogP contribution in [-0.2, 0) is 0 Å². The monoisotopic (exact) mass is 176 g/mol. The molecular weight excluding hydrogens is 160 g/mol. The van der Waals surface area contributed by atoms with Gasteiger partial charge in [0.05, 0.1) is 0 Å². The van der Waals surface area contributed by atoms with Gasteiger partial charge in [-0.3, -0.25) is 5.84 Å². The van der Waals surface area contributed by atoms with Gasteiger partial charge in [-0.05, 0) is 24.8 Å². The van der Waals surface area contributed by atoms with Crippen LogP contribution in [0.15, 0.2) is 24.3 Å². The average Bonchev–Trinajstić information content (AvgIpc) is 2.53. The van der Waals surface area contributed by atoms with E-state index in [1.165, 1.54) is 17.5 Å². The number of rotatable bonds is 1. The highest BCUT2D eigenvalue weighted by atomic mass is 15.4. The molecule has 0 amide bonds. The fourth-order valence-corrected chi connectivity index (χ4v) is 1.90. The van der Waals surface area contributed by atoms with E-state index in [4.69, 9.17) is 5.84 Å². The van der Waals surface area contributed by atoms with Crippen LogP contribution in [0.4, 0.5) is 0 Å². The fourth-order valence-electron chi connectivity index (χ4n) is 1.90. The second-order valence-corrected chi connectivity index (χ2v) is 3.89. The zero-order chi connectivity index (χ0) is 9.26. The van der Waals surface area contributed by atoms with E-state index in [0.717, 1.165) is 13.1 Å². The van der Waals surface area contributed by atoms with Crippen molar-refractivity contribution in [3.8, 4) is 0 Å². The molecule has 2 rings (SSSR count). The summed E-state index contributed by atoms with van der Waals surface area (Å²) in [6, 6.07) is 8.79. The number of hydrazine groups is 1. The van der Waals surface area contributed by atoms with Crippen LogP contribution >= 0.6 is 0 Å². The van der Waals surface area contributed by atoms with Crippen molar-refractivity contribution in [3.05, 3.63) is 35.4 Å². The molecule has 1 aromatic carbocycles. The highest BCUT2D eigenvalue weighted by molar-refractivity contribution is 5.25. The van der Waals surface area contributed by atoms with Crippen LogP contribution in [0.2, 0.25) is 0 Å². The Hall–Kier alpha value is -0.860. The Morgan fingerprint density at radius 1 is 1.31 bits per heavy atom. The number of hydrogen-bond acceptors (Lipinski definition) is 2. The average molecular weight is 176 g/mol. The van der Waals surface area contributed by atoms with Crippen LogP contribution in [0.1, 0.15) is 23.5 Å². The van der Waals surface area contributed by atoms with Crippen LogP contribution < -0.4 is 5.84 Å². The molecule has 0 aliphatic carbocycles. The molecule has 0 aromatic heterocycles. The van der Waals surface area contributed by atoms with Crippen LogP contribution in [0, 0.1) is 6.92 Å². The summed E-state index contributed by atoms with van der Waals surface area (Å²) in [5, 5.41) is 1.91. The van der Waals surface area contributed by atoms with Gasteiger partial charge in [0, 0.05) is 13.1 Å². The van der Waals surface area contributed by atoms with Gasteiger partial charge in [0.25, 0.3) is 0 Å². The second-order valence-electron chi connectivity index (χ2n) is 3.89. The van der Waals surface area contributed by atoms with Gasteiger partial charge in [-0.2, -0.15) is 0 Å². The van der Waals surface area contributed by atoms with Gasteiger partial charge in [-0.15, -0.1) is 0 Å². The molecule has 1 fully saturated rings. The number of hydrogen-bond donors (Lipinski definition) is 1. The van der Waals surface area contributed by atoms with Crippen molar-refractivity contribution in [1.29, 1.82) is 0 Å². The quantitative estimate of drug-likeness (QED) is 0.659. The highest BCUT2D eigenvalue weighted by Crippen LogP contribution is 2.25. The van der Waals surface area contributed by atoms with E-state index in [-0.39, 0.29) is 0 Å². The lowest BCUT2D eigenvalue weighted by Crippen LogP contribution is -2.27. The molecule has 0 spiro atoms. The predicted molar refractivity (Wildman–Crippen MR) is 54.3 cm³/mol. The summed E-state index contributed by atoms with van der Waals surface area (Å²) in [7, 11) is 0. The SMILES string of the molecule is Cc1ccc(C2CCN(N)C2)cc1. The van der Waals surface area contributed by atoms with E-state index in [1.807, 2.05) is 5.01 Å². The van der Waals surface area contributed by atoms with E-state index in [1.54, 1.807) is 0 Å². The molecule has 1 aliphatic heterocycles. The van der Waals surface area contributed by atoms with E-state index < -0.39 is 0 Å². The van der Waals surface area contributed by atoms with E-state index in [9.17, 15) is 0 Å². The molecule has 2 heteroatoms. The molecule has 0 bridgehead atoms. The Balaban J connectivity index is 2.13. The molecule has 1 heterocycles. The van der Waals surface area contributed by atoms with Gasteiger partial charge in [-0.25, -0.2) is 5.01 Å². The smallest absolute Gasteiger partial charge is 0.0197 e. The minimum Gasteiger partial charge on any atom is -0.269 e. The number of benzene rings is 1. The maximum absolute atomic E-state index is 5.73. The molecule has 2 N–H and O–H groups in total.